The zero-order chi connectivity index (χ0) is 13.0. The fraction of sp³-hybridized carbons (Fsp3) is 0.333. The molecule has 1 rings (SSSR count). The predicted octanol–water partition coefficient (Wildman–Crippen LogP) is 1.24. The Morgan fingerprint density at radius 2 is 2.00 bits per heavy atom. The molecule has 1 unspecified atom stereocenters. The van der Waals surface area contributed by atoms with Crippen LogP contribution in [0.3, 0.4) is 0 Å². The smallest absolute Gasteiger partial charge is 0.325 e. The summed E-state index contributed by atoms with van der Waals surface area (Å²) in [5.74, 6) is -1.13. The molecule has 0 aliphatic heterocycles. The number of hydrogen-bond acceptors (Lipinski definition) is 3. The van der Waals surface area contributed by atoms with Crippen molar-refractivity contribution in [3.05, 3.63) is 29.3 Å². The monoisotopic (exact) mass is 236 g/mol. The number of benzene rings is 1. The number of hydrogen-bond donors (Lipinski definition) is 3. The van der Waals surface area contributed by atoms with Gasteiger partial charge in [-0.2, -0.15) is 0 Å². The molecule has 0 bridgehead atoms. The van der Waals surface area contributed by atoms with E-state index >= 15 is 0 Å². The molecular formula is C12H16N2O3. The van der Waals surface area contributed by atoms with E-state index in [1.165, 1.54) is 0 Å². The summed E-state index contributed by atoms with van der Waals surface area (Å²) in [6.07, 6.45) is 0. The maximum Gasteiger partial charge on any atom is 0.325 e. The van der Waals surface area contributed by atoms with Gasteiger partial charge >= 0.3 is 5.97 Å². The maximum absolute atomic E-state index is 11.4. The van der Waals surface area contributed by atoms with E-state index in [-0.39, 0.29) is 5.91 Å². The summed E-state index contributed by atoms with van der Waals surface area (Å²) in [5, 5.41) is 14.2. The van der Waals surface area contributed by atoms with Crippen LogP contribution in [0.15, 0.2) is 18.2 Å². The van der Waals surface area contributed by atoms with Gasteiger partial charge in [0.1, 0.15) is 6.04 Å². The number of carboxylic acid groups (broad SMARTS) is 1. The molecule has 1 aromatic carbocycles. The normalized spacial score (nSPS) is 11.7. The lowest BCUT2D eigenvalue weighted by molar-refractivity contribution is -0.137. The zero-order valence-electron chi connectivity index (χ0n) is 10.1. The number of aryl methyl sites for hydroxylation is 1. The Hall–Kier alpha value is -2.04. The summed E-state index contributed by atoms with van der Waals surface area (Å²) in [7, 11) is 1.55. The van der Waals surface area contributed by atoms with Gasteiger partial charge in [-0.3, -0.25) is 9.59 Å². The molecule has 92 valence electrons. The van der Waals surface area contributed by atoms with Gasteiger partial charge in [-0.05, 0) is 31.5 Å². The Kier molecular flexibility index (Phi) is 4.09. The highest BCUT2D eigenvalue weighted by molar-refractivity contribution is 5.95. The first-order valence-electron chi connectivity index (χ1n) is 5.27. The summed E-state index contributed by atoms with van der Waals surface area (Å²) in [5.41, 5.74) is 2.05. The summed E-state index contributed by atoms with van der Waals surface area (Å²) >= 11 is 0. The van der Waals surface area contributed by atoms with Gasteiger partial charge in [0, 0.05) is 18.3 Å². The first-order valence-corrected chi connectivity index (χ1v) is 5.27. The van der Waals surface area contributed by atoms with Crippen LogP contribution < -0.4 is 10.6 Å². The second-order valence-electron chi connectivity index (χ2n) is 3.81. The van der Waals surface area contributed by atoms with Gasteiger partial charge in [-0.25, -0.2) is 0 Å². The minimum Gasteiger partial charge on any atom is -0.480 e. The summed E-state index contributed by atoms with van der Waals surface area (Å²) in [6, 6.07) is 4.42. The SMILES string of the molecule is CNC(=O)c1ccc(C)c(NC(C)C(=O)O)c1. The molecule has 3 N–H and O–H groups in total. The molecule has 0 aromatic heterocycles. The Morgan fingerprint density at radius 3 is 2.53 bits per heavy atom. The molecular weight excluding hydrogens is 220 g/mol. The molecule has 1 atom stereocenters. The zero-order valence-corrected chi connectivity index (χ0v) is 10.1. The molecule has 5 nitrogen and oxygen atoms in total. The molecule has 1 amide bonds. The van der Waals surface area contributed by atoms with E-state index < -0.39 is 12.0 Å². The quantitative estimate of drug-likeness (QED) is 0.735. The molecule has 0 aliphatic rings. The van der Waals surface area contributed by atoms with Crippen LogP contribution in [0.1, 0.15) is 22.8 Å². The standard InChI is InChI=1S/C12H16N2O3/c1-7-4-5-9(11(15)13-3)6-10(7)14-8(2)12(16)17/h4-6,8,14H,1-3H3,(H,13,15)(H,16,17). The van der Waals surface area contributed by atoms with Gasteiger partial charge in [0.15, 0.2) is 0 Å². The molecule has 0 aliphatic carbocycles. The van der Waals surface area contributed by atoms with Crippen LogP contribution in [-0.2, 0) is 4.79 Å². The Balaban J connectivity index is 2.98. The lowest BCUT2D eigenvalue weighted by atomic mass is 10.1. The number of aliphatic carboxylic acids is 1. The van der Waals surface area contributed by atoms with E-state index in [0.29, 0.717) is 11.3 Å². The second kappa shape index (κ2) is 5.34. The van der Waals surface area contributed by atoms with Crippen molar-refractivity contribution in [1.29, 1.82) is 0 Å². The molecule has 0 spiro atoms. The Morgan fingerprint density at radius 1 is 1.35 bits per heavy atom. The fourth-order valence-electron chi connectivity index (χ4n) is 1.36. The average Bonchev–Trinajstić information content (AvgIpc) is 2.30. The highest BCUT2D eigenvalue weighted by atomic mass is 16.4. The van der Waals surface area contributed by atoms with Gasteiger partial charge < -0.3 is 15.7 Å². The van der Waals surface area contributed by atoms with Crippen molar-refractivity contribution < 1.29 is 14.7 Å². The summed E-state index contributed by atoms with van der Waals surface area (Å²) in [6.45, 7) is 3.40. The maximum atomic E-state index is 11.4. The minimum atomic E-state index is -0.935. The molecule has 0 heterocycles. The van der Waals surface area contributed by atoms with Crippen molar-refractivity contribution in [2.45, 2.75) is 19.9 Å². The van der Waals surface area contributed by atoms with E-state index in [2.05, 4.69) is 10.6 Å². The summed E-state index contributed by atoms with van der Waals surface area (Å²) < 4.78 is 0. The Labute approximate surface area is 99.8 Å². The number of rotatable bonds is 4. The van der Waals surface area contributed by atoms with E-state index in [1.54, 1.807) is 32.2 Å². The van der Waals surface area contributed by atoms with Gasteiger partial charge in [-0.15, -0.1) is 0 Å². The highest BCUT2D eigenvalue weighted by Gasteiger charge is 2.13. The lowest BCUT2D eigenvalue weighted by Crippen LogP contribution is -2.26. The predicted molar refractivity (Wildman–Crippen MR) is 65.3 cm³/mol. The molecule has 0 saturated heterocycles. The topological polar surface area (TPSA) is 78.4 Å². The van der Waals surface area contributed by atoms with E-state index in [1.807, 2.05) is 6.92 Å². The molecule has 0 fully saturated rings. The third-order valence-electron chi connectivity index (χ3n) is 2.47. The number of amides is 1. The van der Waals surface area contributed by atoms with E-state index in [4.69, 9.17) is 5.11 Å². The average molecular weight is 236 g/mol. The van der Waals surface area contributed by atoms with Crippen LogP contribution in [-0.4, -0.2) is 30.1 Å². The van der Waals surface area contributed by atoms with E-state index in [0.717, 1.165) is 5.56 Å². The van der Waals surface area contributed by atoms with Crippen LogP contribution in [0.4, 0.5) is 5.69 Å². The first kappa shape index (κ1) is 13.0. The van der Waals surface area contributed by atoms with Crippen LogP contribution in [0.25, 0.3) is 0 Å². The minimum absolute atomic E-state index is 0.198. The lowest BCUT2D eigenvalue weighted by Gasteiger charge is -2.14. The highest BCUT2D eigenvalue weighted by Crippen LogP contribution is 2.17. The van der Waals surface area contributed by atoms with Gasteiger partial charge in [0.05, 0.1) is 0 Å². The number of nitrogens with one attached hydrogen (secondary N) is 2. The first-order chi connectivity index (χ1) is 7.95. The number of carboxylic acids is 1. The Bertz CT molecular complexity index is 443. The van der Waals surface area contributed by atoms with Crippen molar-refractivity contribution in [2.75, 3.05) is 12.4 Å². The molecule has 5 heteroatoms. The van der Waals surface area contributed by atoms with Gasteiger partial charge in [-0.1, -0.05) is 6.07 Å². The van der Waals surface area contributed by atoms with Crippen molar-refractivity contribution in [2.24, 2.45) is 0 Å². The second-order valence-corrected chi connectivity index (χ2v) is 3.81. The van der Waals surface area contributed by atoms with Crippen LogP contribution in [0.2, 0.25) is 0 Å². The molecule has 1 aromatic rings. The van der Waals surface area contributed by atoms with Crippen molar-refractivity contribution in [3.8, 4) is 0 Å². The molecule has 0 saturated carbocycles. The van der Waals surface area contributed by atoms with Crippen molar-refractivity contribution in [3.63, 3.8) is 0 Å². The van der Waals surface area contributed by atoms with Crippen LogP contribution >= 0.6 is 0 Å². The van der Waals surface area contributed by atoms with Gasteiger partial charge in [0.2, 0.25) is 0 Å². The van der Waals surface area contributed by atoms with Crippen molar-refractivity contribution in [1.82, 2.24) is 5.32 Å². The van der Waals surface area contributed by atoms with Crippen LogP contribution in [0.5, 0.6) is 0 Å². The van der Waals surface area contributed by atoms with Crippen molar-refractivity contribution >= 4 is 17.6 Å². The van der Waals surface area contributed by atoms with E-state index in [9.17, 15) is 9.59 Å². The molecule has 0 radical (unpaired) electrons. The number of anilines is 1. The number of carbonyl (C=O) groups excluding carboxylic acids is 1. The summed E-state index contributed by atoms with van der Waals surface area (Å²) in [4.78, 5) is 22.2. The fourth-order valence-corrected chi connectivity index (χ4v) is 1.36. The third kappa shape index (κ3) is 3.21. The number of carbonyl (C=O) groups is 2. The molecule has 17 heavy (non-hydrogen) atoms. The van der Waals surface area contributed by atoms with Crippen LogP contribution in [0, 0.1) is 6.92 Å². The van der Waals surface area contributed by atoms with Gasteiger partial charge in [0.25, 0.3) is 5.91 Å². The largest absolute Gasteiger partial charge is 0.480 e. The third-order valence-corrected chi connectivity index (χ3v) is 2.47.